The second-order valence-corrected chi connectivity index (χ2v) is 4.77. The Morgan fingerprint density at radius 3 is 2.81 bits per heavy atom. The summed E-state index contributed by atoms with van der Waals surface area (Å²) < 4.78 is 34.4. The Bertz CT molecular complexity index is 493. The summed E-state index contributed by atoms with van der Waals surface area (Å²) in [6, 6.07) is 5.17. The predicted octanol–water partition coefficient (Wildman–Crippen LogP) is 1.66. The average Bonchev–Trinajstić information content (AvgIpc) is 3.23. The first-order valence-electron chi connectivity index (χ1n) is 6.71. The van der Waals surface area contributed by atoms with Crippen LogP contribution >= 0.6 is 0 Å². The number of ether oxygens (including phenoxy) is 2. The van der Waals surface area contributed by atoms with Crippen LogP contribution in [0, 0.1) is 0 Å². The number of amides is 1. The molecular formula is C14H18F2N2O3. The molecule has 7 heteroatoms. The Morgan fingerprint density at radius 2 is 2.19 bits per heavy atom. The number of hydrogen-bond donors (Lipinski definition) is 2. The lowest BCUT2D eigenvalue weighted by Gasteiger charge is -2.14. The molecule has 1 amide bonds. The van der Waals surface area contributed by atoms with Crippen molar-refractivity contribution in [2.75, 3.05) is 13.7 Å². The van der Waals surface area contributed by atoms with Crippen LogP contribution in [0.4, 0.5) is 8.78 Å². The largest absolute Gasteiger partial charge is 0.493 e. The third-order valence-corrected chi connectivity index (χ3v) is 3.03. The molecule has 0 heterocycles. The second-order valence-electron chi connectivity index (χ2n) is 4.77. The summed E-state index contributed by atoms with van der Waals surface area (Å²) in [4.78, 5) is 11.5. The molecule has 5 nitrogen and oxygen atoms in total. The van der Waals surface area contributed by atoms with Gasteiger partial charge in [0.1, 0.15) is 0 Å². The van der Waals surface area contributed by atoms with E-state index in [1.807, 2.05) is 0 Å². The van der Waals surface area contributed by atoms with Gasteiger partial charge in [0, 0.05) is 18.2 Å². The third-order valence-electron chi connectivity index (χ3n) is 3.03. The van der Waals surface area contributed by atoms with E-state index < -0.39 is 6.61 Å². The van der Waals surface area contributed by atoms with Gasteiger partial charge in [-0.1, -0.05) is 12.1 Å². The molecule has 0 unspecified atom stereocenters. The predicted molar refractivity (Wildman–Crippen MR) is 72.5 cm³/mol. The minimum Gasteiger partial charge on any atom is -0.493 e. The number of carbonyl (C=O) groups is 1. The van der Waals surface area contributed by atoms with Crippen LogP contribution in [0.25, 0.3) is 0 Å². The van der Waals surface area contributed by atoms with Crippen molar-refractivity contribution in [1.82, 2.24) is 10.6 Å². The maximum absolute atomic E-state index is 12.5. The molecule has 1 aromatic rings. The first-order chi connectivity index (χ1) is 10.1. The minimum atomic E-state index is -2.93. The zero-order valence-corrected chi connectivity index (χ0v) is 11.7. The fourth-order valence-corrected chi connectivity index (χ4v) is 1.90. The number of para-hydroxylation sites is 1. The lowest BCUT2D eigenvalue weighted by atomic mass is 10.2. The Kier molecular flexibility index (Phi) is 5.32. The molecule has 1 saturated carbocycles. The third kappa shape index (κ3) is 4.86. The van der Waals surface area contributed by atoms with Gasteiger partial charge >= 0.3 is 6.61 Å². The van der Waals surface area contributed by atoms with Gasteiger partial charge in [-0.3, -0.25) is 4.79 Å². The van der Waals surface area contributed by atoms with Gasteiger partial charge in [0.25, 0.3) is 0 Å². The fourth-order valence-electron chi connectivity index (χ4n) is 1.90. The lowest BCUT2D eigenvalue weighted by Crippen LogP contribution is -2.34. The van der Waals surface area contributed by atoms with Gasteiger partial charge in [-0.25, -0.2) is 0 Å². The highest BCUT2D eigenvalue weighted by atomic mass is 19.3. The minimum absolute atomic E-state index is 0.00917. The van der Waals surface area contributed by atoms with Gasteiger partial charge in [-0.05, 0) is 18.9 Å². The van der Waals surface area contributed by atoms with Crippen molar-refractivity contribution in [3.63, 3.8) is 0 Å². The van der Waals surface area contributed by atoms with Gasteiger partial charge in [-0.2, -0.15) is 8.78 Å². The molecule has 0 aliphatic heterocycles. The number of hydrogen-bond acceptors (Lipinski definition) is 4. The van der Waals surface area contributed by atoms with Gasteiger partial charge in [0.05, 0.1) is 13.7 Å². The zero-order valence-electron chi connectivity index (χ0n) is 11.7. The Labute approximate surface area is 121 Å². The highest BCUT2D eigenvalue weighted by Gasteiger charge is 2.23. The number of carbonyl (C=O) groups excluding carboxylic acids is 1. The molecule has 116 valence electrons. The van der Waals surface area contributed by atoms with Crippen molar-refractivity contribution in [2.45, 2.75) is 32.0 Å². The summed E-state index contributed by atoms with van der Waals surface area (Å²) in [5, 5.41) is 5.74. The fraction of sp³-hybridized carbons (Fsp3) is 0.500. The number of rotatable bonds is 8. The van der Waals surface area contributed by atoms with Gasteiger partial charge < -0.3 is 20.1 Å². The summed E-state index contributed by atoms with van der Waals surface area (Å²) in [6.45, 7) is -2.57. The summed E-state index contributed by atoms with van der Waals surface area (Å²) in [5.41, 5.74) is 0.508. The van der Waals surface area contributed by atoms with Crippen molar-refractivity contribution >= 4 is 5.91 Å². The summed E-state index contributed by atoms with van der Waals surface area (Å²) >= 11 is 0. The summed E-state index contributed by atoms with van der Waals surface area (Å²) in [7, 11) is 1.38. The normalized spacial score (nSPS) is 14.1. The molecule has 0 saturated heterocycles. The van der Waals surface area contributed by atoms with Crippen LogP contribution in [0.15, 0.2) is 18.2 Å². The molecule has 0 atom stereocenters. The van der Waals surface area contributed by atoms with Gasteiger partial charge in [0.2, 0.25) is 5.91 Å². The molecule has 2 N–H and O–H groups in total. The molecule has 0 radical (unpaired) electrons. The highest BCUT2D eigenvalue weighted by Crippen LogP contribution is 2.32. The van der Waals surface area contributed by atoms with Crippen LogP contribution in [0.2, 0.25) is 0 Å². The smallest absolute Gasteiger partial charge is 0.387 e. The first-order valence-corrected chi connectivity index (χ1v) is 6.71. The van der Waals surface area contributed by atoms with Crippen LogP contribution in [0.1, 0.15) is 18.4 Å². The van der Waals surface area contributed by atoms with E-state index in [-0.39, 0.29) is 30.5 Å². The average molecular weight is 300 g/mol. The van der Waals surface area contributed by atoms with E-state index >= 15 is 0 Å². The van der Waals surface area contributed by atoms with Crippen molar-refractivity contribution < 1.29 is 23.0 Å². The van der Waals surface area contributed by atoms with E-state index in [0.717, 1.165) is 12.8 Å². The Morgan fingerprint density at radius 1 is 1.43 bits per heavy atom. The van der Waals surface area contributed by atoms with Crippen LogP contribution in [0.3, 0.4) is 0 Å². The van der Waals surface area contributed by atoms with E-state index in [4.69, 9.17) is 4.74 Å². The number of methoxy groups -OCH3 is 1. The Balaban J connectivity index is 1.92. The first kappa shape index (κ1) is 15.5. The molecule has 21 heavy (non-hydrogen) atoms. The van der Waals surface area contributed by atoms with Crippen LogP contribution in [-0.2, 0) is 11.3 Å². The number of halogens is 2. The molecular weight excluding hydrogens is 282 g/mol. The lowest BCUT2D eigenvalue weighted by molar-refractivity contribution is -0.120. The number of benzene rings is 1. The molecule has 1 aliphatic rings. The molecule has 1 fully saturated rings. The van der Waals surface area contributed by atoms with E-state index in [1.165, 1.54) is 7.11 Å². The van der Waals surface area contributed by atoms with Crippen molar-refractivity contribution in [3.8, 4) is 11.5 Å². The topological polar surface area (TPSA) is 59.6 Å². The molecule has 1 aliphatic carbocycles. The molecule has 0 bridgehead atoms. The maximum atomic E-state index is 12.5. The molecule has 0 aromatic heterocycles. The van der Waals surface area contributed by atoms with Crippen LogP contribution < -0.4 is 20.1 Å². The summed E-state index contributed by atoms with van der Waals surface area (Å²) in [6.07, 6.45) is 2.04. The van der Waals surface area contributed by atoms with Crippen molar-refractivity contribution in [3.05, 3.63) is 23.8 Å². The van der Waals surface area contributed by atoms with Gasteiger partial charge in [-0.15, -0.1) is 0 Å². The monoisotopic (exact) mass is 300 g/mol. The van der Waals surface area contributed by atoms with Crippen molar-refractivity contribution in [2.24, 2.45) is 0 Å². The SMILES string of the molecule is COc1cccc(CNCC(=O)NC2CC2)c1OC(F)F. The van der Waals surface area contributed by atoms with Gasteiger partial charge in [0.15, 0.2) is 11.5 Å². The van der Waals surface area contributed by atoms with E-state index in [0.29, 0.717) is 11.6 Å². The maximum Gasteiger partial charge on any atom is 0.387 e. The van der Waals surface area contributed by atoms with E-state index in [2.05, 4.69) is 15.4 Å². The Hall–Kier alpha value is -1.89. The standard InChI is InChI=1S/C14H18F2N2O3/c1-20-11-4-2-3-9(13(11)21-14(15)16)7-17-8-12(19)18-10-5-6-10/h2-4,10,14,17H,5-8H2,1H3,(H,18,19). The molecule has 2 rings (SSSR count). The zero-order chi connectivity index (χ0) is 15.2. The number of nitrogens with one attached hydrogen (secondary N) is 2. The quantitative estimate of drug-likeness (QED) is 0.766. The second kappa shape index (κ2) is 7.21. The van der Waals surface area contributed by atoms with Crippen LogP contribution in [-0.4, -0.2) is 32.2 Å². The van der Waals surface area contributed by atoms with Crippen LogP contribution in [0.5, 0.6) is 11.5 Å². The molecule has 0 spiro atoms. The van der Waals surface area contributed by atoms with Crippen molar-refractivity contribution in [1.29, 1.82) is 0 Å². The highest BCUT2D eigenvalue weighted by molar-refractivity contribution is 5.78. The summed E-state index contributed by atoms with van der Waals surface area (Å²) in [5.74, 6) is 0.124. The van der Waals surface area contributed by atoms with E-state index in [1.54, 1.807) is 18.2 Å². The number of alkyl halides is 2. The molecule has 1 aromatic carbocycles. The van der Waals surface area contributed by atoms with E-state index in [9.17, 15) is 13.6 Å².